The fraction of sp³-hybridized carbons (Fsp3) is 0.250. The van der Waals surface area contributed by atoms with Crippen LogP contribution in [0.2, 0.25) is 0 Å². The molecule has 1 atom stereocenters. The summed E-state index contributed by atoms with van der Waals surface area (Å²) in [5, 5.41) is 10.3. The molecule has 0 aromatic heterocycles. The number of ether oxygens (including phenoxy) is 1. The number of halogens is 1. The molecule has 0 bridgehead atoms. The third-order valence-corrected chi connectivity index (χ3v) is 3.19. The lowest BCUT2D eigenvalue weighted by Gasteiger charge is -2.24. The van der Waals surface area contributed by atoms with E-state index in [1.807, 2.05) is 25.2 Å². The molecule has 1 N–H and O–H groups in total. The summed E-state index contributed by atoms with van der Waals surface area (Å²) < 4.78 is 18.4. The minimum Gasteiger partial charge on any atom is -0.496 e. The number of rotatable bonds is 5. The molecule has 0 aliphatic carbocycles. The number of benzene rings is 2. The van der Waals surface area contributed by atoms with Crippen LogP contribution in [0.4, 0.5) is 10.1 Å². The molecule has 2 rings (SSSR count). The number of para-hydroxylation sites is 1. The molecule has 106 valence electrons. The first-order valence-corrected chi connectivity index (χ1v) is 6.39. The van der Waals surface area contributed by atoms with Gasteiger partial charge in [0, 0.05) is 24.8 Å². The van der Waals surface area contributed by atoms with Gasteiger partial charge in [0.15, 0.2) is 0 Å². The van der Waals surface area contributed by atoms with Crippen molar-refractivity contribution in [3.05, 3.63) is 59.9 Å². The Bertz CT molecular complexity index is 574. The third kappa shape index (κ3) is 3.27. The van der Waals surface area contributed by atoms with Gasteiger partial charge >= 0.3 is 0 Å². The van der Waals surface area contributed by atoms with Crippen molar-refractivity contribution in [1.29, 1.82) is 0 Å². The Labute approximate surface area is 118 Å². The van der Waals surface area contributed by atoms with Gasteiger partial charge in [-0.25, -0.2) is 4.39 Å². The number of nitrogens with zero attached hydrogens (tertiary/aromatic N) is 1. The summed E-state index contributed by atoms with van der Waals surface area (Å²) in [6, 6.07) is 13.6. The van der Waals surface area contributed by atoms with Crippen LogP contribution in [0.25, 0.3) is 0 Å². The van der Waals surface area contributed by atoms with Gasteiger partial charge in [0.05, 0.1) is 13.2 Å². The molecule has 0 amide bonds. The van der Waals surface area contributed by atoms with Gasteiger partial charge in [0.25, 0.3) is 0 Å². The standard InChI is InChI=1S/C16H18FNO2/c1-18(13-7-5-6-12(17)10-13)11-15(19)14-8-3-4-9-16(14)20-2/h3-10,15,19H,11H2,1-2H3. The van der Waals surface area contributed by atoms with E-state index in [1.165, 1.54) is 12.1 Å². The van der Waals surface area contributed by atoms with Crippen LogP contribution in [0.3, 0.4) is 0 Å². The molecule has 1 unspecified atom stereocenters. The van der Waals surface area contributed by atoms with E-state index < -0.39 is 6.10 Å². The lowest BCUT2D eigenvalue weighted by Crippen LogP contribution is -2.24. The summed E-state index contributed by atoms with van der Waals surface area (Å²) in [6.45, 7) is 0.351. The van der Waals surface area contributed by atoms with E-state index >= 15 is 0 Å². The maximum Gasteiger partial charge on any atom is 0.125 e. The Morgan fingerprint density at radius 3 is 2.65 bits per heavy atom. The monoisotopic (exact) mass is 275 g/mol. The maximum absolute atomic E-state index is 13.2. The largest absolute Gasteiger partial charge is 0.496 e. The predicted molar refractivity (Wildman–Crippen MR) is 77.6 cm³/mol. The molecular formula is C16H18FNO2. The Hall–Kier alpha value is -2.07. The molecule has 4 heteroatoms. The third-order valence-electron chi connectivity index (χ3n) is 3.19. The molecule has 0 saturated heterocycles. The van der Waals surface area contributed by atoms with Crippen molar-refractivity contribution in [2.24, 2.45) is 0 Å². The van der Waals surface area contributed by atoms with Crippen molar-refractivity contribution in [3.63, 3.8) is 0 Å². The van der Waals surface area contributed by atoms with Crippen LogP contribution in [0.5, 0.6) is 5.75 Å². The second kappa shape index (κ2) is 6.39. The number of hydrogen-bond donors (Lipinski definition) is 1. The molecule has 0 aliphatic heterocycles. The van der Waals surface area contributed by atoms with E-state index in [-0.39, 0.29) is 5.82 Å². The molecule has 0 radical (unpaired) electrons. The SMILES string of the molecule is COc1ccccc1C(O)CN(C)c1cccc(F)c1. The Morgan fingerprint density at radius 2 is 1.95 bits per heavy atom. The van der Waals surface area contributed by atoms with Crippen molar-refractivity contribution in [2.45, 2.75) is 6.10 Å². The van der Waals surface area contributed by atoms with Crippen molar-refractivity contribution in [1.82, 2.24) is 0 Å². The van der Waals surface area contributed by atoms with E-state index in [0.29, 0.717) is 12.3 Å². The van der Waals surface area contributed by atoms with Crippen LogP contribution < -0.4 is 9.64 Å². The lowest BCUT2D eigenvalue weighted by molar-refractivity contribution is 0.180. The van der Waals surface area contributed by atoms with E-state index in [1.54, 1.807) is 30.2 Å². The zero-order valence-corrected chi connectivity index (χ0v) is 11.6. The molecule has 0 saturated carbocycles. The van der Waals surface area contributed by atoms with Gasteiger partial charge in [-0.15, -0.1) is 0 Å². The molecule has 20 heavy (non-hydrogen) atoms. The molecule has 0 heterocycles. The minimum atomic E-state index is -0.709. The summed E-state index contributed by atoms with van der Waals surface area (Å²) in [5.41, 5.74) is 1.44. The van der Waals surface area contributed by atoms with E-state index in [2.05, 4.69) is 0 Å². The van der Waals surface area contributed by atoms with Crippen LogP contribution >= 0.6 is 0 Å². The van der Waals surface area contributed by atoms with E-state index in [0.717, 1.165) is 11.3 Å². The van der Waals surface area contributed by atoms with Crippen LogP contribution in [0.1, 0.15) is 11.7 Å². The highest BCUT2D eigenvalue weighted by atomic mass is 19.1. The van der Waals surface area contributed by atoms with Crippen LogP contribution in [0, 0.1) is 5.82 Å². The minimum absolute atomic E-state index is 0.291. The van der Waals surface area contributed by atoms with Gasteiger partial charge in [-0.2, -0.15) is 0 Å². The number of likely N-dealkylation sites (N-methyl/N-ethyl adjacent to an activating group) is 1. The van der Waals surface area contributed by atoms with Crippen molar-refractivity contribution < 1.29 is 14.2 Å². The number of aliphatic hydroxyl groups excluding tert-OH is 1. The average molecular weight is 275 g/mol. The normalized spacial score (nSPS) is 12.0. The second-order valence-electron chi connectivity index (χ2n) is 4.62. The van der Waals surface area contributed by atoms with Gasteiger partial charge in [0.1, 0.15) is 11.6 Å². The topological polar surface area (TPSA) is 32.7 Å². The molecule has 0 fully saturated rings. The van der Waals surface area contributed by atoms with Crippen LogP contribution in [0.15, 0.2) is 48.5 Å². The number of anilines is 1. The first kappa shape index (κ1) is 14.3. The van der Waals surface area contributed by atoms with Crippen molar-refractivity contribution in [3.8, 4) is 5.75 Å². The van der Waals surface area contributed by atoms with E-state index in [4.69, 9.17) is 4.74 Å². The summed E-state index contributed by atoms with van der Waals surface area (Å²) in [6.07, 6.45) is -0.709. The fourth-order valence-corrected chi connectivity index (χ4v) is 2.12. The highest BCUT2D eigenvalue weighted by Gasteiger charge is 2.15. The molecule has 3 nitrogen and oxygen atoms in total. The van der Waals surface area contributed by atoms with Crippen molar-refractivity contribution in [2.75, 3.05) is 25.6 Å². The van der Waals surface area contributed by atoms with Gasteiger partial charge in [-0.1, -0.05) is 24.3 Å². The average Bonchev–Trinajstić information content (AvgIpc) is 2.47. The van der Waals surface area contributed by atoms with Gasteiger partial charge in [0.2, 0.25) is 0 Å². The summed E-state index contributed by atoms with van der Waals surface area (Å²) in [7, 11) is 3.38. The number of methoxy groups -OCH3 is 1. The Morgan fingerprint density at radius 1 is 1.20 bits per heavy atom. The zero-order chi connectivity index (χ0) is 14.5. The fourth-order valence-electron chi connectivity index (χ4n) is 2.12. The molecule has 2 aromatic rings. The predicted octanol–water partition coefficient (Wildman–Crippen LogP) is 3.00. The first-order valence-electron chi connectivity index (χ1n) is 6.39. The smallest absolute Gasteiger partial charge is 0.125 e. The lowest BCUT2D eigenvalue weighted by atomic mass is 10.1. The second-order valence-corrected chi connectivity index (χ2v) is 4.62. The van der Waals surface area contributed by atoms with Crippen LogP contribution in [-0.4, -0.2) is 25.8 Å². The van der Waals surface area contributed by atoms with Crippen LogP contribution in [-0.2, 0) is 0 Å². The molecule has 0 aliphatic rings. The van der Waals surface area contributed by atoms with E-state index in [9.17, 15) is 9.50 Å². The quantitative estimate of drug-likeness (QED) is 0.910. The van der Waals surface area contributed by atoms with Gasteiger partial charge < -0.3 is 14.7 Å². The van der Waals surface area contributed by atoms with Gasteiger partial charge in [-0.3, -0.25) is 0 Å². The summed E-state index contributed by atoms with van der Waals surface area (Å²) in [5.74, 6) is 0.355. The highest BCUT2D eigenvalue weighted by Crippen LogP contribution is 2.26. The first-order chi connectivity index (χ1) is 9.61. The number of hydrogen-bond acceptors (Lipinski definition) is 3. The molecule has 2 aromatic carbocycles. The zero-order valence-electron chi connectivity index (χ0n) is 11.6. The summed E-state index contributed by atoms with van der Waals surface area (Å²) >= 11 is 0. The maximum atomic E-state index is 13.2. The molecular weight excluding hydrogens is 257 g/mol. The number of aliphatic hydroxyl groups is 1. The van der Waals surface area contributed by atoms with Gasteiger partial charge in [-0.05, 0) is 24.3 Å². The van der Waals surface area contributed by atoms with Crippen molar-refractivity contribution >= 4 is 5.69 Å². The Kier molecular flexibility index (Phi) is 4.58. The highest BCUT2D eigenvalue weighted by molar-refractivity contribution is 5.46. The molecule has 0 spiro atoms. The summed E-state index contributed by atoms with van der Waals surface area (Å²) in [4.78, 5) is 1.81. The Balaban J connectivity index is 2.13.